The van der Waals surface area contributed by atoms with Crippen molar-refractivity contribution in [2.45, 2.75) is 0 Å². The Morgan fingerprint density at radius 1 is 1.27 bits per heavy atom. The first-order valence-electron chi connectivity index (χ1n) is 3.87. The first kappa shape index (κ1) is 10.6. The molecule has 2 aromatic rings. The van der Waals surface area contributed by atoms with Gasteiger partial charge < -0.3 is 5.32 Å². The smallest absolute Gasteiger partial charge is 0.187 e. The van der Waals surface area contributed by atoms with E-state index in [1.54, 1.807) is 6.07 Å². The number of hydrogen-bond donors (Lipinski definition) is 1. The third kappa shape index (κ3) is 2.19. The van der Waals surface area contributed by atoms with E-state index in [1.807, 2.05) is 0 Å². The Bertz CT molecular complexity index is 468. The molecule has 0 aliphatic carbocycles. The first-order valence-corrected chi connectivity index (χ1v) is 5.36. The molecule has 3 nitrogen and oxygen atoms in total. The minimum absolute atomic E-state index is 0.147. The summed E-state index contributed by atoms with van der Waals surface area (Å²) in [6.45, 7) is 0. The molecule has 0 amide bonds. The lowest BCUT2D eigenvalue weighted by Crippen LogP contribution is -1.95. The Hall–Kier alpha value is -0.910. The molecule has 0 saturated heterocycles. The quantitative estimate of drug-likeness (QED) is 0.898. The van der Waals surface area contributed by atoms with E-state index in [9.17, 15) is 4.39 Å². The normalized spacial score (nSPS) is 10.3. The third-order valence-electron chi connectivity index (χ3n) is 1.65. The van der Waals surface area contributed by atoms with Crippen molar-refractivity contribution in [3.63, 3.8) is 0 Å². The molecule has 0 aliphatic heterocycles. The van der Waals surface area contributed by atoms with Crippen molar-refractivity contribution in [3.05, 3.63) is 34.2 Å². The van der Waals surface area contributed by atoms with Crippen molar-refractivity contribution in [2.24, 2.45) is 0 Å². The van der Waals surface area contributed by atoms with Crippen molar-refractivity contribution < 1.29 is 4.39 Å². The molecule has 1 aromatic carbocycles. The molecule has 0 radical (unpaired) electrons. The lowest BCUT2D eigenvalue weighted by atomic mass is 10.3. The zero-order valence-corrected chi connectivity index (χ0v) is 9.50. The van der Waals surface area contributed by atoms with E-state index in [0.717, 1.165) is 11.7 Å². The van der Waals surface area contributed by atoms with Gasteiger partial charge in [0, 0.05) is 0 Å². The first-order chi connectivity index (χ1) is 7.18. The van der Waals surface area contributed by atoms with Crippen LogP contribution in [0.25, 0.3) is 0 Å². The number of anilines is 2. The molecule has 0 saturated carbocycles. The molecule has 0 fully saturated rings. The minimum Gasteiger partial charge on any atom is -0.333 e. The van der Waals surface area contributed by atoms with Crippen LogP contribution in [0.4, 0.5) is 15.9 Å². The molecule has 0 unspecified atom stereocenters. The lowest BCUT2D eigenvalue weighted by Gasteiger charge is -2.06. The van der Waals surface area contributed by atoms with Gasteiger partial charge in [-0.15, -0.1) is 0 Å². The van der Waals surface area contributed by atoms with Gasteiger partial charge in [-0.1, -0.05) is 29.3 Å². The molecule has 2 rings (SSSR count). The molecule has 0 atom stereocenters. The molecule has 78 valence electrons. The van der Waals surface area contributed by atoms with Crippen LogP contribution in [0.15, 0.2) is 18.2 Å². The van der Waals surface area contributed by atoms with Gasteiger partial charge in [-0.3, -0.25) is 0 Å². The Morgan fingerprint density at radius 2 is 2.07 bits per heavy atom. The van der Waals surface area contributed by atoms with Crippen molar-refractivity contribution in [1.82, 2.24) is 8.75 Å². The van der Waals surface area contributed by atoms with Crippen LogP contribution in [0.5, 0.6) is 0 Å². The Morgan fingerprint density at radius 3 is 2.67 bits per heavy atom. The summed E-state index contributed by atoms with van der Waals surface area (Å²) in [7, 11) is 0. The molecular formula is C8H4Cl2FN3S. The average molecular weight is 264 g/mol. The molecule has 1 aromatic heterocycles. The Labute approximate surface area is 99.2 Å². The monoisotopic (exact) mass is 263 g/mol. The molecule has 15 heavy (non-hydrogen) atoms. The zero-order valence-electron chi connectivity index (χ0n) is 7.17. The lowest BCUT2D eigenvalue weighted by molar-refractivity contribution is 0.632. The highest BCUT2D eigenvalue weighted by Crippen LogP contribution is 2.30. The van der Waals surface area contributed by atoms with Gasteiger partial charge in [-0.05, 0) is 12.1 Å². The second-order valence-corrected chi connectivity index (χ2v) is 3.92. The molecule has 1 heterocycles. The SMILES string of the molecule is Fc1cccc(Cl)c1Nc1nsnc1Cl. The summed E-state index contributed by atoms with van der Waals surface area (Å²) in [6.07, 6.45) is 0. The highest BCUT2D eigenvalue weighted by Gasteiger charge is 2.11. The fourth-order valence-corrected chi connectivity index (χ4v) is 1.84. The van der Waals surface area contributed by atoms with Gasteiger partial charge in [0.2, 0.25) is 0 Å². The topological polar surface area (TPSA) is 37.8 Å². The average Bonchev–Trinajstić information content (AvgIpc) is 2.58. The Kier molecular flexibility index (Phi) is 3.04. The zero-order chi connectivity index (χ0) is 10.8. The maximum absolute atomic E-state index is 13.3. The van der Waals surface area contributed by atoms with Gasteiger partial charge in [-0.2, -0.15) is 8.75 Å². The van der Waals surface area contributed by atoms with Gasteiger partial charge in [0.1, 0.15) is 5.82 Å². The maximum atomic E-state index is 13.3. The molecule has 1 N–H and O–H groups in total. The number of hydrogen-bond acceptors (Lipinski definition) is 4. The summed E-state index contributed by atoms with van der Waals surface area (Å²) in [5.74, 6) is -0.166. The van der Waals surface area contributed by atoms with Crippen molar-refractivity contribution >= 4 is 46.4 Å². The predicted molar refractivity (Wildman–Crippen MR) is 59.6 cm³/mol. The van der Waals surface area contributed by atoms with Crippen molar-refractivity contribution in [3.8, 4) is 0 Å². The van der Waals surface area contributed by atoms with E-state index >= 15 is 0 Å². The number of halogens is 3. The number of aromatic nitrogens is 2. The van der Waals surface area contributed by atoms with Gasteiger partial charge in [0.05, 0.1) is 22.4 Å². The van der Waals surface area contributed by atoms with Crippen LogP contribution in [0, 0.1) is 5.82 Å². The van der Waals surface area contributed by atoms with Crippen LogP contribution in [0.1, 0.15) is 0 Å². The summed E-state index contributed by atoms with van der Waals surface area (Å²) in [5.41, 5.74) is 0.147. The van der Waals surface area contributed by atoms with Gasteiger partial charge in [-0.25, -0.2) is 4.39 Å². The van der Waals surface area contributed by atoms with E-state index < -0.39 is 5.82 Å². The largest absolute Gasteiger partial charge is 0.333 e. The number of benzene rings is 1. The number of rotatable bonds is 2. The summed E-state index contributed by atoms with van der Waals surface area (Å²) < 4.78 is 20.9. The maximum Gasteiger partial charge on any atom is 0.187 e. The summed E-state index contributed by atoms with van der Waals surface area (Å²) >= 11 is 12.4. The highest BCUT2D eigenvalue weighted by atomic mass is 35.5. The molecule has 0 aliphatic rings. The Balaban J connectivity index is 2.36. The van der Waals surface area contributed by atoms with Gasteiger partial charge in [0.25, 0.3) is 0 Å². The van der Waals surface area contributed by atoms with E-state index in [4.69, 9.17) is 23.2 Å². The van der Waals surface area contributed by atoms with E-state index in [2.05, 4.69) is 14.1 Å². The van der Waals surface area contributed by atoms with E-state index in [1.165, 1.54) is 12.1 Å². The van der Waals surface area contributed by atoms with Crippen LogP contribution in [-0.2, 0) is 0 Å². The van der Waals surface area contributed by atoms with Crippen molar-refractivity contribution in [2.75, 3.05) is 5.32 Å². The molecule has 0 bridgehead atoms. The molecular weight excluding hydrogens is 260 g/mol. The number of nitrogens with zero attached hydrogens (tertiary/aromatic N) is 2. The number of nitrogens with one attached hydrogen (secondary N) is 1. The summed E-state index contributed by atoms with van der Waals surface area (Å²) in [5, 5.41) is 3.14. The van der Waals surface area contributed by atoms with Crippen LogP contribution in [0.2, 0.25) is 10.2 Å². The summed E-state index contributed by atoms with van der Waals surface area (Å²) in [6, 6.07) is 4.38. The van der Waals surface area contributed by atoms with Gasteiger partial charge >= 0.3 is 0 Å². The highest BCUT2D eigenvalue weighted by molar-refractivity contribution is 6.99. The summed E-state index contributed by atoms with van der Waals surface area (Å²) in [4.78, 5) is 0. The van der Waals surface area contributed by atoms with Crippen LogP contribution >= 0.6 is 34.9 Å². The third-order valence-corrected chi connectivity index (χ3v) is 2.86. The molecule has 7 heteroatoms. The second kappa shape index (κ2) is 4.30. The van der Waals surface area contributed by atoms with Crippen LogP contribution in [0.3, 0.4) is 0 Å². The minimum atomic E-state index is -0.466. The number of para-hydroxylation sites is 1. The fourth-order valence-electron chi connectivity index (χ4n) is 0.988. The second-order valence-electron chi connectivity index (χ2n) is 2.63. The van der Waals surface area contributed by atoms with E-state index in [0.29, 0.717) is 5.82 Å². The standard InChI is InChI=1S/C8H4Cl2FN3S/c9-4-2-1-3-5(11)6(4)12-8-7(10)13-15-14-8/h1-3H,(H,12,14). The van der Waals surface area contributed by atoms with Crippen LogP contribution in [-0.4, -0.2) is 8.75 Å². The fraction of sp³-hybridized carbons (Fsp3) is 0. The predicted octanol–water partition coefficient (Wildman–Crippen LogP) is 3.73. The van der Waals surface area contributed by atoms with Gasteiger partial charge in [0.15, 0.2) is 11.0 Å². The van der Waals surface area contributed by atoms with E-state index in [-0.39, 0.29) is 15.9 Å². The van der Waals surface area contributed by atoms with Crippen LogP contribution < -0.4 is 5.32 Å². The van der Waals surface area contributed by atoms with Crippen molar-refractivity contribution in [1.29, 1.82) is 0 Å². The molecule has 0 spiro atoms.